The summed E-state index contributed by atoms with van der Waals surface area (Å²) in [6.45, 7) is 3.52. The van der Waals surface area contributed by atoms with Crippen LogP contribution in [0.15, 0.2) is 12.7 Å². The molecule has 64 valence electrons. The second-order valence-electron chi connectivity index (χ2n) is 3.34. The molecule has 0 aromatic heterocycles. The van der Waals surface area contributed by atoms with E-state index in [1.165, 1.54) is 0 Å². The monoisotopic (exact) mass is 180 g/mol. The van der Waals surface area contributed by atoms with E-state index in [1.54, 1.807) is 6.08 Å². The number of halogens is 3. The molecule has 1 rings (SSSR count). The summed E-state index contributed by atoms with van der Waals surface area (Å²) < 4.78 is 24.9. The molecule has 0 aromatic carbocycles. The second-order valence-corrected chi connectivity index (χ2v) is 3.60. The number of allylic oxidation sites excluding steroid dienone is 1. The molecule has 0 spiro atoms. The van der Waals surface area contributed by atoms with E-state index in [9.17, 15) is 8.78 Å². The third-order valence-corrected chi connectivity index (χ3v) is 2.70. The van der Waals surface area contributed by atoms with Gasteiger partial charge >= 0.3 is 0 Å². The van der Waals surface area contributed by atoms with E-state index >= 15 is 0 Å². The third-order valence-electron chi connectivity index (χ3n) is 2.13. The van der Waals surface area contributed by atoms with Crippen LogP contribution in [0.2, 0.25) is 0 Å². The zero-order valence-corrected chi connectivity index (χ0v) is 7.00. The van der Waals surface area contributed by atoms with E-state index in [1.807, 2.05) is 0 Å². The Bertz CT molecular complexity index is 157. The highest BCUT2D eigenvalue weighted by Gasteiger charge is 2.54. The van der Waals surface area contributed by atoms with E-state index in [0.29, 0.717) is 12.3 Å². The quantitative estimate of drug-likeness (QED) is 0.462. The predicted molar refractivity (Wildman–Crippen MR) is 42.1 cm³/mol. The largest absolute Gasteiger partial charge is 0.249 e. The first-order valence-corrected chi connectivity index (χ1v) is 4.12. The summed E-state index contributed by atoms with van der Waals surface area (Å²) in [6, 6.07) is 0. The lowest BCUT2D eigenvalue weighted by molar-refractivity contribution is -0.150. The van der Waals surface area contributed by atoms with Gasteiger partial charge in [0.2, 0.25) is 5.92 Å². The summed E-state index contributed by atoms with van der Waals surface area (Å²) in [6.07, 6.45) is 2.12. The van der Waals surface area contributed by atoms with Crippen LogP contribution < -0.4 is 0 Å². The lowest BCUT2D eigenvalue weighted by Gasteiger charge is -2.45. The van der Waals surface area contributed by atoms with Crippen molar-refractivity contribution in [2.75, 3.05) is 5.88 Å². The Morgan fingerprint density at radius 2 is 2.00 bits per heavy atom. The number of hydrogen-bond donors (Lipinski definition) is 0. The first-order valence-electron chi connectivity index (χ1n) is 3.58. The average molecular weight is 181 g/mol. The van der Waals surface area contributed by atoms with Gasteiger partial charge in [-0.3, -0.25) is 0 Å². The molecule has 0 saturated heterocycles. The molecule has 0 atom stereocenters. The zero-order chi connectivity index (χ0) is 8.54. The van der Waals surface area contributed by atoms with Crippen molar-refractivity contribution in [2.24, 2.45) is 5.41 Å². The summed E-state index contributed by atoms with van der Waals surface area (Å²) in [5.74, 6) is -2.16. The molecule has 1 aliphatic rings. The fourth-order valence-electron chi connectivity index (χ4n) is 1.65. The van der Waals surface area contributed by atoms with Gasteiger partial charge in [0, 0.05) is 18.7 Å². The van der Waals surface area contributed by atoms with Gasteiger partial charge in [-0.25, -0.2) is 8.78 Å². The van der Waals surface area contributed by atoms with Gasteiger partial charge in [-0.05, 0) is 11.8 Å². The van der Waals surface area contributed by atoms with Gasteiger partial charge in [-0.2, -0.15) is 0 Å². The predicted octanol–water partition coefficient (Wildman–Crippen LogP) is 3.22. The van der Waals surface area contributed by atoms with Crippen molar-refractivity contribution in [2.45, 2.75) is 25.2 Å². The SMILES string of the molecule is C=CCC1(CCl)CC(F)(F)C1. The minimum atomic E-state index is -2.47. The Kier molecular flexibility index (Phi) is 2.24. The summed E-state index contributed by atoms with van der Waals surface area (Å²) in [5.41, 5.74) is -0.354. The van der Waals surface area contributed by atoms with E-state index < -0.39 is 5.92 Å². The molecule has 0 aliphatic heterocycles. The van der Waals surface area contributed by atoms with Crippen LogP contribution >= 0.6 is 11.6 Å². The summed E-state index contributed by atoms with van der Waals surface area (Å²) in [4.78, 5) is 0. The average Bonchev–Trinajstić information content (AvgIpc) is 1.84. The molecule has 0 heterocycles. The molecule has 3 heteroatoms. The molecule has 0 amide bonds. The lowest BCUT2D eigenvalue weighted by atomic mass is 9.65. The molecule has 1 aliphatic carbocycles. The summed E-state index contributed by atoms with van der Waals surface area (Å²) in [7, 11) is 0. The molecular weight excluding hydrogens is 170 g/mol. The van der Waals surface area contributed by atoms with Gasteiger partial charge in [-0.1, -0.05) is 6.08 Å². The van der Waals surface area contributed by atoms with Gasteiger partial charge in [0.1, 0.15) is 0 Å². The second kappa shape index (κ2) is 2.74. The Balaban J connectivity index is 2.49. The van der Waals surface area contributed by atoms with Crippen LogP contribution in [-0.2, 0) is 0 Å². The van der Waals surface area contributed by atoms with Crippen molar-refractivity contribution in [3.8, 4) is 0 Å². The molecule has 0 nitrogen and oxygen atoms in total. The van der Waals surface area contributed by atoms with Crippen LogP contribution in [0.1, 0.15) is 19.3 Å². The lowest BCUT2D eigenvalue weighted by Crippen LogP contribution is -2.46. The fourth-order valence-corrected chi connectivity index (χ4v) is 1.94. The molecule has 0 unspecified atom stereocenters. The number of rotatable bonds is 3. The van der Waals surface area contributed by atoms with Crippen LogP contribution in [0.4, 0.5) is 8.78 Å². The Labute approximate surface area is 70.2 Å². The van der Waals surface area contributed by atoms with Crippen LogP contribution in [0, 0.1) is 5.41 Å². The zero-order valence-electron chi connectivity index (χ0n) is 6.25. The Morgan fingerprint density at radius 3 is 2.27 bits per heavy atom. The maximum absolute atomic E-state index is 12.5. The standard InChI is InChI=1S/C8H11ClF2/c1-2-3-7(6-9)4-8(10,11)5-7/h2H,1,3-6H2. The van der Waals surface area contributed by atoms with Gasteiger partial charge in [0.15, 0.2) is 0 Å². The van der Waals surface area contributed by atoms with Crippen molar-refractivity contribution >= 4 is 11.6 Å². The van der Waals surface area contributed by atoms with Crippen molar-refractivity contribution in [1.29, 1.82) is 0 Å². The highest BCUT2D eigenvalue weighted by atomic mass is 35.5. The van der Waals surface area contributed by atoms with Crippen molar-refractivity contribution < 1.29 is 8.78 Å². The van der Waals surface area contributed by atoms with Crippen molar-refractivity contribution in [1.82, 2.24) is 0 Å². The fraction of sp³-hybridized carbons (Fsp3) is 0.750. The maximum atomic E-state index is 12.5. The van der Waals surface area contributed by atoms with Crippen LogP contribution in [-0.4, -0.2) is 11.8 Å². The van der Waals surface area contributed by atoms with E-state index in [-0.39, 0.29) is 18.3 Å². The first-order chi connectivity index (χ1) is 5.04. The van der Waals surface area contributed by atoms with E-state index in [2.05, 4.69) is 6.58 Å². The molecule has 0 bridgehead atoms. The first kappa shape index (κ1) is 8.98. The molecule has 0 aromatic rings. The topological polar surface area (TPSA) is 0 Å². The Hall–Kier alpha value is -0.110. The molecule has 0 radical (unpaired) electrons. The summed E-state index contributed by atoms with van der Waals surface area (Å²) in [5, 5.41) is 0. The maximum Gasteiger partial charge on any atom is 0.249 e. The van der Waals surface area contributed by atoms with Crippen LogP contribution in [0.5, 0.6) is 0 Å². The minimum Gasteiger partial charge on any atom is -0.207 e. The number of alkyl halides is 3. The van der Waals surface area contributed by atoms with Gasteiger partial charge in [0.05, 0.1) is 0 Å². The Morgan fingerprint density at radius 1 is 1.45 bits per heavy atom. The van der Waals surface area contributed by atoms with Gasteiger partial charge < -0.3 is 0 Å². The van der Waals surface area contributed by atoms with Crippen LogP contribution in [0.25, 0.3) is 0 Å². The van der Waals surface area contributed by atoms with E-state index in [4.69, 9.17) is 11.6 Å². The normalized spacial score (nSPS) is 25.7. The highest BCUT2D eigenvalue weighted by Crippen LogP contribution is 2.54. The summed E-state index contributed by atoms with van der Waals surface area (Å²) >= 11 is 5.59. The van der Waals surface area contributed by atoms with Crippen molar-refractivity contribution in [3.63, 3.8) is 0 Å². The van der Waals surface area contributed by atoms with Crippen LogP contribution in [0.3, 0.4) is 0 Å². The van der Waals surface area contributed by atoms with Crippen molar-refractivity contribution in [3.05, 3.63) is 12.7 Å². The minimum absolute atomic E-state index is 0.0739. The smallest absolute Gasteiger partial charge is 0.207 e. The molecule has 1 saturated carbocycles. The van der Waals surface area contributed by atoms with E-state index in [0.717, 1.165) is 0 Å². The third kappa shape index (κ3) is 1.73. The highest BCUT2D eigenvalue weighted by molar-refractivity contribution is 6.18. The van der Waals surface area contributed by atoms with Gasteiger partial charge in [0.25, 0.3) is 0 Å². The molecule has 0 N–H and O–H groups in total. The van der Waals surface area contributed by atoms with Gasteiger partial charge in [-0.15, -0.1) is 18.2 Å². The molecular formula is C8H11ClF2. The number of hydrogen-bond acceptors (Lipinski definition) is 0. The molecule has 11 heavy (non-hydrogen) atoms. The molecule has 1 fully saturated rings.